The van der Waals surface area contributed by atoms with Crippen molar-refractivity contribution >= 4 is 21.7 Å². The van der Waals surface area contributed by atoms with Gasteiger partial charge in [-0.25, -0.2) is 0 Å². The molecule has 1 aliphatic carbocycles. The molecule has 2 rings (SSSR count). The number of aryl methyl sites for hydroxylation is 1. The fourth-order valence-corrected chi connectivity index (χ4v) is 2.92. The molecule has 0 aromatic heterocycles. The van der Waals surface area contributed by atoms with E-state index in [2.05, 4.69) is 15.9 Å². The van der Waals surface area contributed by atoms with Crippen molar-refractivity contribution in [3.05, 3.63) is 35.4 Å². The van der Waals surface area contributed by atoms with E-state index in [1.165, 1.54) is 5.56 Å². The second kappa shape index (κ2) is 4.09. The summed E-state index contributed by atoms with van der Waals surface area (Å²) in [6.45, 7) is 2.04. The van der Waals surface area contributed by atoms with E-state index in [1.807, 2.05) is 31.2 Å². The Balaban J connectivity index is 2.24. The third-order valence-corrected chi connectivity index (χ3v) is 4.27. The first kappa shape index (κ1) is 10.9. The highest BCUT2D eigenvalue weighted by Gasteiger charge is 2.38. The van der Waals surface area contributed by atoms with Crippen LogP contribution in [0.25, 0.3) is 0 Å². The number of halogens is 1. The SMILES string of the molecule is Cc1ccc(C(=O)C2(Br)CCCC2)cc1. The van der Waals surface area contributed by atoms with Crippen molar-refractivity contribution in [3.8, 4) is 0 Å². The maximum Gasteiger partial charge on any atom is 0.179 e. The van der Waals surface area contributed by atoms with Gasteiger partial charge in [0, 0.05) is 5.56 Å². The van der Waals surface area contributed by atoms with Crippen molar-refractivity contribution in [2.75, 3.05) is 0 Å². The number of alkyl halides is 1. The number of hydrogen-bond donors (Lipinski definition) is 0. The average Bonchev–Trinajstić information content (AvgIpc) is 2.67. The molecule has 0 unspecified atom stereocenters. The van der Waals surface area contributed by atoms with Crippen LogP contribution >= 0.6 is 15.9 Å². The van der Waals surface area contributed by atoms with Gasteiger partial charge in [0.05, 0.1) is 4.32 Å². The van der Waals surface area contributed by atoms with E-state index in [-0.39, 0.29) is 10.1 Å². The molecule has 0 saturated heterocycles. The average molecular weight is 267 g/mol. The Kier molecular flexibility index (Phi) is 2.96. The van der Waals surface area contributed by atoms with Crippen LogP contribution in [-0.2, 0) is 0 Å². The third kappa shape index (κ3) is 2.15. The summed E-state index contributed by atoms with van der Waals surface area (Å²) < 4.78 is -0.276. The van der Waals surface area contributed by atoms with Gasteiger partial charge in [-0.15, -0.1) is 0 Å². The number of Topliss-reactive ketones (excluding diaryl/α,β-unsaturated/α-hetero) is 1. The van der Waals surface area contributed by atoms with Crippen LogP contribution in [0.1, 0.15) is 41.6 Å². The number of carbonyl (C=O) groups excluding carboxylic acids is 1. The Hall–Kier alpha value is -0.630. The Morgan fingerprint density at radius 1 is 1.20 bits per heavy atom. The number of benzene rings is 1. The topological polar surface area (TPSA) is 17.1 Å². The number of ketones is 1. The minimum atomic E-state index is -0.276. The van der Waals surface area contributed by atoms with E-state index in [4.69, 9.17) is 0 Å². The zero-order chi connectivity index (χ0) is 10.9. The first-order chi connectivity index (χ1) is 7.12. The smallest absolute Gasteiger partial charge is 0.179 e. The quantitative estimate of drug-likeness (QED) is 0.587. The first-order valence-corrected chi connectivity index (χ1v) is 6.21. The molecule has 0 N–H and O–H groups in total. The van der Waals surface area contributed by atoms with Gasteiger partial charge in [-0.3, -0.25) is 4.79 Å². The van der Waals surface area contributed by atoms with Crippen LogP contribution in [0.3, 0.4) is 0 Å². The van der Waals surface area contributed by atoms with E-state index in [0.717, 1.165) is 31.2 Å². The molecule has 1 saturated carbocycles. The van der Waals surface area contributed by atoms with Crippen LogP contribution in [0.15, 0.2) is 24.3 Å². The maximum atomic E-state index is 12.2. The van der Waals surface area contributed by atoms with Crippen molar-refractivity contribution in [3.63, 3.8) is 0 Å². The highest BCUT2D eigenvalue weighted by Crippen LogP contribution is 2.40. The lowest BCUT2D eigenvalue weighted by molar-refractivity contribution is 0.0948. The van der Waals surface area contributed by atoms with Crippen LogP contribution in [0.2, 0.25) is 0 Å². The van der Waals surface area contributed by atoms with Gasteiger partial charge in [-0.2, -0.15) is 0 Å². The highest BCUT2D eigenvalue weighted by atomic mass is 79.9. The summed E-state index contributed by atoms with van der Waals surface area (Å²) in [5.41, 5.74) is 2.03. The van der Waals surface area contributed by atoms with Gasteiger partial charge < -0.3 is 0 Å². The third-order valence-electron chi connectivity index (χ3n) is 3.12. The van der Waals surface area contributed by atoms with Crippen molar-refractivity contribution in [2.24, 2.45) is 0 Å². The number of rotatable bonds is 2. The van der Waals surface area contributed by atoms with Crippen molar-refractivity contribution in [1.82, 2.24) is 0 Å². The standard InChI is InChI=1S/C13H15BrO/c1-10-4-6-11(7-5-10)12(15)13(14)8-2-3-9-13/h4-7H,2-3,8-9H2,1H3. The van der Waals surface area contributed by atoms with Crippen molar-refractivity contribution in [2.45, 2.75) is 36.9 Å². The molecule has 0 heterocycles. The summed E-state index contributed by atoms with van der Waals surface area (Å²) in [6.07, 6.45) is 4.26. The summed E-state index contributed by atoms with van der Waals surface area (Å²) in [5.74, 6) is 0.250. The van der Waals surface area contributed by atoms with Crippen LogP contribution < -0.4 is 0 Å². The summed E-state index contributed by atoms with van der Waals surface area (Å²) in [4.78, 5) is 12.2. The first-order valence-electron chi connectivity index (χ1n) is 5.42. The largest absolute Gasteiger partial charge is 0.293 e. The highest BCUT2D eigenvalue weighted by molar-refractivity contribution is 9.10. The van der Waals surface area contributed by atoms with Crippen molar-refractivity contribution in [1.29, 1.82) is 0 Å². The normalized spacial score (nSPS) is 19.1. The molecule has 80 valence electrons. The molecule has 2 heteroatoms. The molecule has 1 aliphatic rings. The summed E-state index contributed by atoms with van der Waals surface area (Å²) >= 11 is 3.62. The zero-order valence-electron chi connectivity index (χ0n) is 8.92. The molecular formula is C13H15BrO. The Morgan fingerprint density at radius 2 is 1.73 bits per heavy atom. The van der Waals surface area contributed by atoms with E-state index in [1.54, 1.807) is 0 Å². The van der Waals surface area contributed by atoms with Gasteiger partial charge in [0.2, 0.25) is 0 Å². The molecule has 1 aromatic carbocycles. The molecule has 0 spiro atoms. The fourth-order valence-electron chi connectivity index (χ4n) is 2.13. The van der Waals surface area contributed by atoms with Gasteiger partial charge in [0.1, 0.15) is 0 Å². The van der Waals surface area contributed by atoms with Crippen LogP contribution in [0, 0.1) is 6.92 Å². The van der Waals surface area contributed by atoms with Crippen LogP contribution in [0.5, 0.6) is 0 Å². The van der Waals surface area contributed by atoms with Gasteiger partial charge in [-0.05, 0) is 19.8 Å². The van der Waals surface area contributed by atoms with E-state index in [0.29, 0.717) is 0 Å². The molecule has 1 nitrogen and oxygen atoms in total. The van der Waals surface area contributed by atoms with E-state index >= 15 is 0 Å². The molecule has 0 bridgehead atoms. The Bertz CT molecular complexity index is 361. The van der Waals surface area contributed by atoms with Crippen molar-refractivity contribution < 1.29 is 4.79 Å². The summed E-state index contributed by atoms with van der Waals surface area (Å²) in [6, 6.07) is 7.86. The molecule has 1 fully saturated rings. The van der Waals surface area contributed by atoms with Crippen LogP contribution in [-0.4, -0.2) is 10.1 Å². The zero-order valence-corrected chi connectivity index (χ0v) is 10.5. The second-order valence-corrected chi connectivity index (χ2v) is 5.89. The fraction of sp³-hybridized carbons (Fsp3) is 0.462. The second-order valence-electron chi connectivity index (χ2n) is 4.37. The lowest BCUT2D eigenvalue weighted by atomic mass is 9.95. The molecule has 0 aliphatic heterocycles. The lowest BCUT2D eigenvalue weighted by Gasteiger charge is -2.19. The summed E-state index contributed by atoms with van der Waals surface area (Å²) in [5, 5.41) is 0. The maximum absolute atomic E-state index is 12.2. The Labute approximate surface area is 99.0 Å². The molecule has 15 heavy (non-hydrogen) atoms. The predicted octanol–water partition coefficient (Wildman–Crippen LogP) is 3.89. The molecule has 1 aromatic rings. The van der Waals surface area contributed by atoms with E-state index < -0.39 is 0 Å². The molecule has 0 atom stereocenters. The minimum absolute atomic E-state index is 0.250. The van der Waals surface area contributed by atoms with Gasteiger partial charge in [0.25, 0.3) is 0 Å². The van der Waals surface area contributed by atoms with Gasteiger partial charge in [-0.1, -0.05) is 58.6 Å². The Morgan fingerprint density at radius 3 is 2.27 bits per heavy atom. The lowest BCUT2D eigenvalue weighted by Crippen LogP contribution is -2.28. The summed E-state index contributed by atoms with van der Waals surface area (Å²) in [7, 11) is 0. The number of carbonyl (C=O) groups is 1. The van der Waals surface area contributed by atoms with Crippen LogP contribution in [0.4, 0.5) is 0 Å². The number of hydrogen-bond acceptors (Lipinski definition) is 1. The molecule has 0 amide bonds. The monoisotopic (exact) mass is 266 g/mol. The molecule has 0 radical (unpaired) electrons. The predicted molar refractivity (Wildman–Crippen MR) is 65.6 cm³/mol. The van der Waals surface area contributed by atoms with Gasteiger partial charge in [0.15, 0.2) is 5.78 Å². The van der Waals surface area contributed by atoms with E-state index in [9.17, 15) is 4.79 Å². The molecular weight excluding hydrogens is 252 g/mol. The van der Waals surface area contributed by atoms with Gasteiger partial charge >= 0.3 is 0 Å². The minimum Gasteiger partial charge on any atom is -0.293 e.